The summed E-state index contributed by atoms with van der Waals surface area (Å²) in [7, 11) is 1.66. The van der Waals surface area contributed by atoms with Gasteiger partial charge in [0.1, 0.15) is 5.82 Å². The SMILES string of the molecule is COCCN(Cc1cccnc1)C(=O)[C@@H]1CCCN(c2ccccn2)C1. The van der Waals surface area contributed by atoms with Crippen molar-refractivity contribution in [2.24, 2.45) is 5.92 Å². The fourth-order valence-electron chi connectivity index (χ4n) is 3.37. The molecule has 1 aliphatic rings. The van der Waals surface area contributed by atoms with Gasteiger partial charge in [-0.1, -0.05) is 12.1 Å². The predicted octanol–water partition coefficient (Wildman–Crippen LogP) is 2.37. The molecule has 3 heterocycles. The molecule has 1 amide bonds. The summed E-state index contributed by atoms with van der Waals surface area (Å²) in [5.74, 6) is 1.12. The highest BCUT2D eigenvalue weighted by molar-refractivity contribution is 5.79. The molecule has 0 radical (unpaired) electrons. The monoisotopic (exact) mass is 354 g/mol. The lowest BCUT2D eigenvalue weighted by molar-refractivity contribution is -0.137. The first-order valence-electron chi connectivity index (χ1n) is 9.10. The number of hydrogen-bond donors (Lipinski definition) is 0. The second-order valence-electron chi connectivity index (χ2n) is 6.59. The van der Waals surface area contributed by atoms with Crippen molar-refractivity contribution in [1.29, 1.82) is 0 Å². The van der Waals surface area contributed by atoms with Crippen LogP contribution in [0.25, 0.3) is 0 Å². The first-order chi connectivity index (χ1) is 12.8. The number of amides is 1. The molecule has 138 valence electrons. The lowest BCUT2D eigenvalue weighted by Gasteiger charge is -2.35. The van der Waals surface area contributed by atoms with Gasteiger partial charge >= 0.3 is 0 Å². The van der Waals surface area contributed by atoms with E-state index in [1.807, 2.05) is 41.4 Å². The van der Waals surface area contributed by atoms with Crippen molar-refractivity contribution in [3.63, 3.8) is 0 Å². The number of ether oxygens (including phenoxy) is 1. The van der Waals surface area contributed by atoms with Gasteiger partial charge in [0.2, 0.25) is 5.91 Å². The summed E-state index contributed by atoms with van der Waals surface area (Å²) in [5.41, 5.74) is 1.04. The highest BCUT2D eigenvalue weighted by Gasteiger charge is 2.29. The Balaban J connectivity index is 1.68. The maximum absolute atomic E-state index is 13.2. The van der Waals surface area contributed by atoms with Gasteiger partial charge in [-0.25, -0.2) is 4.98 Å². The fourth-order valence-corrected chi connectivity index (χ4v) is 3.37. The third-order valence-electron chi connectivity index (χ3n) is 4.72. The topological polar surface area (TPSA) is 58.6 Å². The smallest absolute Gasteiger partial charge is 0.227 e. The number of methoxy groups -OCH3 is 1. The van der Waals surface area contributed by atoms with E-state index >= 15 is 0 Å². The van der Waals surface area contributed by atoms with Gasteiger partial charge in [-0.15, -0.1) is 0 Å². The van der Waals surface area contributed by atoms with E-state index in [2.05, 4.69) is 14.9 Å². The molecule has 0 spiro atoms. The van der Waals surface area contributed by atoms with Crippen molar-refractivity contribution >= 4 is 11.7 Å². The number of carbonyl (C=O) groups is 1. The summed E-state index contributed by atoms with van der Waals surface area (Å²) >= 11 is 0. The van der Waals surface area contributed by atoms with Crippen molar-refractivity contribution < 1.29 is 9.53 Å². The van der Waals surface area contributed by atoms with Crippen LogP contribution in [0.4, 0.5) is 5.82 Å². The highest BCUT2D eigenvalue weighted by atomic mass is 16.5. The molecule has 1 saturated heterocycles. The minimum absolute atomic E-state index is 0.0146. The van der Waals surface area contributed by atoms with Crippen LogP contribution < -0.4 is 4.90 Å². The van der Waals surface area contributed by atoms with Crippen LogP contribution in [0.3, 0.4) is 0 Å². The molecule has 1 atom stereocenters. The van der Waals surface area contributed by atoms with Crippen LogP contribution in [0.1, 0.15) is 18.4 Å². The third kappa shape index (κ3) is 4.79. The number of nitrogens with zero attached hydrogens (tertiary/aromatic N) is 4. The number of aromatic nitrogens is 2. The number of carbonyl (C=O) groups excluding carboxylic acids is 1. The molecule has 1 aliphatic heterocycles. The number of pyridine rings is 2. The van der Waals surface area contributed by atoms with E-state index in [0.717, 1.165) is 30.8 Å². The first-order valence-corrected chi connectivity index (χ1v) is 9.10. The molecule has 2 aromatic heterocycles. The maximum atomic E-state index is 13.2. The Bertz CT molecular complexity index is 681. The molecule has 0 saturated carbocycles. The van der Waals surface area contributed by atoms with Crippen LogP contribution in [0, 0.1) is 5.92 Å². The largest absolute Gasteiger partial charge is 0.383 e. The molecule has 2 aromatic rings. The Labute approximate surface area is 154 Å². The van der Waals surface area contributed by atoms with Crippen molar-refractivity contribution in [2.45, 2.75) is 19.4 Å². The van der Waals surface area contributed by atoms with Crippen molar-refractivity contribution in [1.82, 2.24) is 14.9 Å². The van der Waals surface area contributed by atoms with Gasteiger partial charge in [0, 0.05) is 51.9 Å². The second-order valence-corrected chi connectivity index (χ2v) is 6.59. The van der Waals surface area contributed by atoms with Gasteiger partial charge < -0.3 is 14.5 Å². The standard InChI is InChI=1S/C20H26N4O2/c1-26-13-12-24(15-17-6-4-9-21-14-17)20(25)18-7-5-11-23(16-18)19-8-2-3-10-22-19/h2-4,6,8-10,14,18H,5,7,11-13,15-16H2,1H3/t18-/m1/s1. The van der Waals surface area contributed by atoms with E-state index in [4.69, 9.17) is 4.74 Å². The fraction of sp³-hybridized carbons (Fsp3) is 0.450. The summed E-state index contributed by atoms with van der Waals surface area (Å²) < 4.78 is 5.21. The van der Waals surface area contributed by atoms with Crippen LogP contribution in [0.15, 0.2) is 48.9 Å². The maximum Gasteiger partial charge on any atom is 0.227 e. The van der Waals surface area contributed by atoms with Crippen LogP contribution in [-0.4, -0.2) is 54.1 Å². The third-order valence-corrected chi connectivity index (χ3v) is 4.72. The van der Waals surface area contributed by atoms with E-state index in [0.29, 0.717) is 26.2 Å². The van der Waals surface area contributed by atoms with E-state index in [1.165, 1.54) is 0 Å². The molecule has 0 aromatic carbocycles. The number of rotatable bonds is 7. The highest BCUT2D eigenvalue weighted by Crippen LogP contribution is 2.23. The van der Waals surface area contributed by atoms with Crippen LogP contribution in [0.2, 0.25) is 0 Å². The Kier molecular flexibility index (Phi) is 6.55. The van der Waals surface area contributed by atoms with Crippen molar-refractivity contribution in [3.05, 3.63) is 54.5 Å². The van der Waals surface area contributed by atoms with Gasteiger partial charge in [-0.2, -0.15) is 0 Å². The van der Waals surface area contributed by atoms with E-state index < -0.39 is 0 Å². The van der Waals surface area contributed by atoms with Gasteiger partial charge in [0.25, 0.3) is 0 Å². The van der Waals surface area contributed by atoms with Gasteiger partial charge in [0.05, 0.1) is 12.5 Å². The average Bonchev–Trinajstić information content (AvgIpc) is 2.72. The minimum atomic E-state index is -0.0146. The van der Waals surface area contributed by atoms with Crippen LogP contribution in [0.5, 0.6) is 0 Å². The van der Waals surface area contributed by atoms with Crippen molar-refractivity contribution in [3.8, 4) is 0 Å². The second kappa shape index (κ2) is 9.29. The average molecular weight is 354 g/mol. The number of hydrogen-bond acceptors (Lipinski definition) is 5. The number of anilines is 1. The number of piperidine rings is 1. The molecule has 3 rings (SSSR count). The molecule has 1 fully saturated rings. The van der Waals surface area contributed by atoms with Crippen LogP contribution in [-0.2, 0) is 16.1 Å². The Morgan fingerprint density at radius 2 is 2.23 bits per heavy atom. The zero-order valence-corrected chi connectivity index (χ0v) is 15.3. The zero-order chi connectivity index (χ0) is 18.2. The first kappa shape index (κ1) is 18.3. The summed E-state index contributed by atoms with van der Waals surface area (Å²) in [6.45, 7) is 3.34. The summed E-state index contributed by atoms with van der Waals surface area (Å²) in [6.07, 6.45) is 7.27. The van der Waals surface area contributed by atoms with Crippen molar-refractivity contribution in [2.75, 3.05) is 38.3 Å². The summed E-state index contributed by atoms with van der Waals surface area (Å²) in [4.78, 5) is 25.9. The van der Waals surface area contributed by atoms with Gasteiger partial charge in [-0.3, -0.25) is 9.78 Å². The van der Waals surface area contributed by atoms with E-state index in [1.54, 1.807) is 19.5 Å². The predicted molar refractivity (Wildman–Crippen MR) is 101 cm³/mol. The molecule has 0 unspecified atom stereocenters. The molecule has 0 N–H and O–H groups in total. The molecular formula is C20H26N4O2. The summed E-state index contributed by atoms with van der Waals surface area (Å²) in [5, 5.41) is 0. The van der Waals surface area contributed by atoms with Crippen LogP contribution >= 0.6 is 0 Å². The Morgan fingerprint density at radius 3 is 2.96 bits per heavy atom. The zero-order valence-electron chi connectivity index (χ0n) is 15.3. The molecular weight excluding hydrogens is 328 g/mol. The van der Waals surface area contributed by atoms with Gasteiger partial charge in [0.15, 0.2) is 0 Å². The minimum Gasteiger partial charge on any atom is -0.383 e. The lowest BCUT2D eigenvalue weighted by Crippen LogP contribution is -2.45. The molecule has 0 aliphatic carbocycles. The molecule has 0 bridgehead atoms. The quantitative estimate of drug-likeness (QED) is 0.764. The molecule has 6 heteroatoms. The summed E-state index contributed by atoms with van der Waals surface area (Å²) in [6, 6.07) is 9.81. The van der Waals surface area contributed by atoms with E-state index in [-0.39, 0.29) is 11.8 Å². The molecule has 6 nitrogen and oxygen atoms in total. The Hall–Kier alpha value is -2.47. The van der Waals surface area contributed by atoms with Gasteiger partial charge in [-0.05, 0) is 36.6 Å². The molecule has 26 heavy (non-hydrogen) atoms. The Morgan fingerprint density at radius 1 is 1.31 bits per heavy atom. The van der Waals surface area contributed by atoms with E-state index in [9.17, 15) is 4.79 Å². The normalized spacial score (nSPS) is 17.1. The lowest BCUT2D eigenvalue weighted by atomic mass is 9.96.